The first-order valence-electron chi connectivity index (χ1n) is 5.92. The highest BCUT2D eigenvalue weighted by atomic mass is 14.8. The zero-order valence-corrected chi connectivity index (χ0v) is 9.10. The Labute approximate surface area is 82.3 Å². The molecule has 0 aromatic carbocycles. The van der Waals surface area contributed by atoms with Crippen LogP contribution in [-0.4, -0.2) is 13.6 Å². The van der Waals surface area contributed by atoms with Crippen LogP contribution in [0, 0.1) is 17.3 Å². The Kier molecular flexibility index (Phi) is 2.64. The van der Waals surface area contributed by atoms with Crippen LogP contribution in [0.25, 0.3) is 0 Å². The SMILES string of the molecule is CCC1CC2(CCC(CNC)C2)C1. The summed E-state index contributed by atoms with van der Waals surface area (Å²) < 4.78 is 0. The van der Waals surface area contributed by atoms with Crippen molar-refractivity contribution in [1.29, 1.82) is 0 Å². The van der Waals surface area contributed by atoms with Crippen LogP contribution in [0.5, 0.6) is 0 Å². The number of hydrogen-bond donors (Lipinski definition) is 1. The maximum atomic E-state index is 3.32. The Morgan fingerprint density at radius 2 is 1.92 bits per heavy atom. The molecule has 1 spiro atoms. The molecule has 13 heavy (non-hydrogen) atoms. The van der Waals surface area contributed by atoms with Crippen LogP contribution in [0.4, 0.5) is 0 Å². The van der Waals surface area contributed by atoms with Crippen molar-refractivity contribution in [3.05, 3.63) is 0 Å². The minimum absolute atomic E-state index is 0.822. The summed E-state index contributed by atoms with van der Waals surface area (Å²) in [5.74, 6) is 2.07. The third-order valence-electron chi connectivity index (χ3n) is 4.32. The van der Waals surface area contributed by atoms with Gasteiger partial charge in [0.2, 0.25) is 0 Å². The average Bonchev–Trinajstić information content (AvgIpc) is 2.46. The van der Waals surface area contributed by atoms with Crippen molar-refractivity contribution in [2.45, 2.75) is 45.4 Å². The molecule has 1 nitrogen and oxygen atoms in total. The summed E-state index contributed by atoms with van der Waals surface area (Å²) in [6.07, 6.45) is 9.03. The minimum atomic E-state index is 0.822. The van der Waals surface area contributed by atoms with Crippen LogP contribution in [0.3, 0.4) is 0 Å². The van der Waals surface area contributed by atoms with Crippen molar-refractivity contribution in [3.63, 3.8) is 0 Å². The molecule has 0 heterocycles. The van der Waals surface area contributed by atoms with Crippen LogP contribution in [0.1, 0.15) is 45.4 Å². The third-order valence-corrected chi connectivity index (χ3v) is 4.32. The summed E-state index contributed by atoms with van der Waals surface area (Å²) in [5, 5.41) is 3.32. The fourth-order valence-electron chi connectivity index (χ4n) is 3.61. The second-order valence-electron chi connectivity index (χ2n) is 5.35. The normalized spacial score (nSPS) is 43.8. The van der Waals surface area contributed by atoms with E-state index in [0.717, 1.165) is 17.3 Å². The van der Waals surface area contributed by atoms with Crippen LogP contribution in [0.15, 0.2) is 0 Å². The van der Waals surface area contributed by atoms with Crippen LogP contribution < -0.4 is 5.32 Å². The molecule has 0 aromatic rings. The molecular formula is C12H23N. The average molecular weight is 181 g/mol. The van der Waals surface area contributed by atoms with Gasteiger partial charge >= 0.3 is 0 Å². The van der Waals surface area contributed by atoms with Crippen molar-refractivity contribution in [2.24, 2.45) is 17.3 Å². The first-order valence-corrected chi connectivity index (χ1v) is 5.92. The van der Waals surface area contributed by atoms with E-state index < -0.39 is 0 Å². The number of hydrogen-bond acceptors (Lipinski definition) is 1. The van der Waals surface area contributed by atoms with Crippen molar-refractivity contribution >= 4 is 0 Å². The molecule has 1 heteroatoms. The standard InChI is InChI=1S/C12H23N/c1-3-10-6-12(7-10)5-4-11(8-12)9-13-2/h10-11,13H,3-9H2,1-2H3. The van der Waals surface area contributed by atoms with Gasteiger partial charge in [0.05, 0.1) is 0 Å². The molecule has 1 unspecified atom stereocenters. The zero-order chi connectivity index (χ0) is 9.31. The molecule has 0 bridgehead atoms. The fraction of sp³-hybridized carbons (Fsp3) is 1.00. The van der Waals surface area contributed by atoms with Crippen molar-refractivity contribution in [1.82, 2.24) is 5.32 Å². The molecule has 0 aromatic heterocycles. The molecule has 2 rings (SSSR count). The molecule has 1 N–H and O–H groups in total. The van der Waals surface area contributed by atoms with Gasteiger partial charge < -0.3 is 5.32 Å². The predicted octanol–water partition coefficient (Wildman–Crippen LogP) is 2.81. The third kappa shape index (κ3) is 1.76. The van der Waals surface area contributed by atoms with E-state index in [0.29, 0.717) is 0 Å². The lowest BCUT2D eigenvalue weighted by Crippen LogP contribution is -2.35. The van der Waals surface area contributed by atoms with Crippen LogP contribution in [0.2, 0.25) is 0 Å². The highest BCUT2D eigenvalue weighted by Crippen LogP contribution is 2.58. The summed E-state index contributed by atoms with van der Waals surface area (Å²) in [5.41, 5.74) is 0.822. The molecule has 0 saturated heterocycles. The van der Waals surface area contributed by atoms with Crippen molar-refractivity contribution in [3.8, 4) is 0 Å². The first-order chi connectivity index (χ1) is 6.28. The molecule has 2 fully saturated rings. The van der Waals surface area contributed by atoms with Gasteiger partial charge in [-0.15, -0.1) is 0 Å². The topological polar surface area (TPSA) is 12.0 Å². The van der Waals surface area contributed by atoms with E-state index in [1.54, 1.807) is 12.8 Å². The summed E-state index contributed by atoms with van der Waals surface area (Å²) in [6.45, 7) is 3.59. The summed E-state index contributed by atoms with van der Waals surface area (Å²) in [6, 6.07) is 0. The van der Waals surface area contributed by atoms with E-state index in [9.17, 15) is 0 Å². The van der Waals surface area contributed by atoms with E-state index in [1.807, 2.05) is 0 Å². The Bertz CT molecular complexity index is 170. The minimum Gasteiger partial charge on any atom is -0.319 e. The molecule has 76 valence electrons. The lowest BCUT2D eigenvalue weighted by Gasteiger charge is -2.45. The summed E-state index contributed by atoms with van der Waals surface area (Å²) >= 11 is 0. The quantitative estimate of drug-likeness (QED) is 0.706. The zero-order valence-electron chi connectivity index (χ0n) is 9.10. The van der Waals surface area contributed by atoms with Gasteiger partial charge in [0.1, 0.15) is 0 Å². The van der Waals surface area contributed by atoms with Gasteiger partial charge in [0, 0.05) is 0 Å². The van der Waals surface area contributed by atoms with Gasteiger partial charge in [-0.3, -0.25) is 0 Å². The molecule has 2 aliphatic rings. The van der Waals surface area contributed by atoms with Crippen LogP contribution in [-0.2, 0) is 0 Å². The Hall–Kier alpha value is -0.0400. The second kappa shape index (κ2) is 3.61. The van der Waals surface area contributed by atoms with Crippen molar-refractivity contribution in [2.75, 3.05) is 13.6 Å². The van der Waals surface area contributed by atoms with Crippen LogP contribution >= 0.6 is 0 Å². The summed E-state index contributed by atoms with van der Waals surface area (Å²) in [4.78, 5) is 0. The van der Waals surface area contributed by atoms with Gasteiger partial charge in [-0.2, -0.15) is 0 Å². The number of nitrogens with one attached hydrogen (secondary N) is 1. The molecule has 1 atom stereocenters. The van der Waals surface area contributed by atoms with Gasteiger partial charge in [0.15, 0.2) is 0 Å². The molecular weight excluding hydrogens is 158 g/mol. The second-order valence-corrected chi connectivity index (χ2v) is 5.35. The smallest absolute Gasteiger partial charge is 0.00233 e. The lowest BCUT2D eigenvalue weighted by atomic mass is 9.60. The van der Waals surface area contributed by atoms with Gasteiger partial charge in [-0.1, -0.05) is 13.3 Å². The predicted molar refractivity (Wildman–Crippen MR) is 56.7 cm³/mol. The molecule has 0 radical (unpaired) electrons. The summed E-state index contributed by atoms with van der Waals surface area (Å²) in [7, 11) is 2.08. The van der Waals surface area contributed by atoms with Crippen molar-refractivity contribution < 1.29 is 0 Å². The monoisotopic (exact) mass is 181 g/mol. The molecule has 2 saturated carbocycles. The van der Waals surface area contributed by atoms with E-state index in [1.165, 1.54) is 32.2 Å². The Morgan fingerprint density at radius 1 is 1.23 bits per heavy atom. The number of rotatable bonds is 3. The van der Waals surface area contributed by atoms with E-state index in [2.05, 4.69) is 19.3 Å². The Morgan fingerprint density at radius 3 is 2.54 bits per heavy atom. The lowest BCUT2D eigenvalue weighted by molar-refractivity contribution is 0.0552. The molecule has 0 amide bonds. The highest BCUT2D eigenvalue weighted by molar-refractivity contribution is 4.98. The van der Waals surface area contributed by atoms with E-state index in [4.69, 9.17) is 0 Å². The first kappa shape index (κ1) is 9.51. The molecule has 0 aliphatic heterocycles. The van der Waals surface area contributed by atoms with E-state index in [-0.39, 0.29) is 0 Å². The van der Waals surface area contributed by atoms with Gasteiger partial charge in [-0.05, 0) is 62.9 Å². The molecule has 2 aliphatic carbocycles. The highest BCUT2D eigenvalue weighted by Gasteiger charge is 2.47. The van der Waals surface area contributed by atoms with Gasteiger partial charge in [0.25, 0.3) is 0 Å². The maximum Gasteiger partial charge on any atom is -0.00233 e. The van der Waals surface area contributed by atoms with Gasteiger partial charge in [-0.25, -0.2) is 0 Å². The Balaban J connectivity index is 1.79. The maximum absolute atomic E-state index is 3.32. The van der Waals surface area contributed by atoms with E-state index >= 15 is 0 Å². The largest absolute Gasteiger partial charge is 0.319 e. The fourth-order valence-corrected chi connectivity index (χ4v) is 3.61.